The highest BCUT2D eigenvalue weighted by atomic mass is 31.2. The molecular weight excluding hydrogens is 189 g/mol. The van der Waals surface area contributed by atoms with Crippen LogP contribution in [0.4, 0.5) is 0 Å². The number of hydrogen-bond acceptors (Lipinski definition) is 4. The smallest absolute Gasteiger partial charge is 0.213 e. The van der Waals surface area contributed by atoms with Gasteiger partial charge in [-0.15, -0.1) is 0 Å². The third-order valence-corrected chi connectivity index (χ3v) is 3.68. The summed E-state index contributed by atoms with van der Waals surface area (Å²) >= 11 is 0. The minimum Gasteiger partial charge on any atom is -0.379 e. The van der Waals surface area contributed by atoms with Crippen LogP contribution in [0.1, 0.15) is 6.92 Å². The second-order valence-electron chi connectivity index (χ2n) is 3.30. The van der Waals surface area contributed by atoms with Gasteiger partial charge in [0.25, 0.3) is 0 Å². The van der Waals surface area contributed by atoms with Gasteiger partial charge in [0.2, 0.25) is 7.37 Å². The van der Waals surface area contributed by atoms with Crippen molar-refractivity contribution < 1.29 is 13.8 Å². The van der Waals surface area contributed by atoms with E-state index in [0.29, 0.717) is 12.9 Å². The summed E-state index contributed by atoms with van der Waals surface area (Å²) < 4.78 is 22.2. The fourth-order valence-corrected chi connectivity index (χ4v) is 3.06. The molecule has 1 rings (SSSR count). The Morgan fingerprint density at radius 2 is 2.08 bits per heavy atom. The van der Waals surface area contributed by atoms with E-state index in [1.807, 2.05) is 6.92 Å². The Morgan fingerprint density at radius 3 is 2.62 bits per heavy atom. The van der Waals surface area contributed by atoms with Gasteiger partial charge in [-0.3, -0.25) is 9.46 Å². The summed E-state index contributed by atoms with van der Waals surface area (Å²) in [4.78, 5) is 2.14. The molecule has 0 N–H and O–H groups in total. The molecule has 78 valence electrons. The molecule has 0 aromatic carbocycles. The SMILES string of the molecule is CCO[P@@](C)(=O)CN1CCOCC1. The van der Waals surface area contributed by atoms with Crippen molar-refractivity contribution in [1.29, 1.82) is 0 Å². The van der Waals surface area contributed by atoms with Crippen LogP contribution in [0.15, 0.2) is 0 Å². The fourth-order valence-electron chi connectivity index (χ4n) is 1.42. The van der Waals surface area contributed by atoms with Crippen molar-refractivity contribution in [2.24, 2.45) is 0 Å². The van der Waals surface area contributed by atoms with Crippen LogP contribution >= 0.6 is 7.37 Å². The van der Waals surface area contributed by atoms with Gasteiger partial charge < -0.3 is 9.26 Å². The third-order valence-electron chi connectivity index (χ3n) is 1.96. The first-order valence-corrected chi connectivity index (χ1v) is 6.91. The molecule has 0 unspecified atom stereocenters. The maximum absolute atomic E-state index is 11.8. The predicted octanol–water partition coefficient (Wildman–Crippen LogP) is 1.22. The van der Waals surface area contributed by atoms with Crippen molar-refractivity contribution in [1.82, 2.24) is 4.90 Å². The second kappa shape index (κ2) is 5.11. The van der Waals surface area contributed by atoms with E-state index in [9.17, 15) is 4.57 Å². The Hall–Kier alpha value is 0.110. The number of rotatable bonds is 4. The first-order valence-electron chi connectivity index (χ1n) is 4.65. The van der Waals surface area contributed by atoms with Gasteiger partial charge in [-0.2, -0.15) is 0 Å². The summed E-state index contributed by atoms with van der Waals surface area (Å²) in [5.41, 5.74) is 0. The molecule has 0 aliphatic carbocycles. The Bertz CT molecular complexity index is 192. The molecule has 13 heavy (non-hydrogen) atoms. The van der Waals surface area contributed by atoms with Crippen molar-refractivity contribution in [3.05, 3.63) is 0 Å². The number of hydrogen-bond donors (Lipinski definition) is 0. The van der Waals surface area contributed by atoms with Crippen molar-refractivity contribution >= 4 is 7.37 Å². The first kappa shape index (κ1) is 11.2. The quantitative estimate of drug-likeness (QED) is 0.650. The molecule has 1 heterocycles. The molecule has 1 fully saturated rings. The van der Waals surface area contributed by atoms with Crippen LogP contribution in [0.5, 0.6) is 0 Å². The highest BCUT2D eigenvalue weighted by molar-refractivity contribution is 7.58. The van der Waals surface area contributed by atoms with Gasteiger partial charge in [0, 0.05) is 19.8 Å². The first-order chi connectivity index (χ1) is 6.14. The zero-order valence-electron chi connectivity index (χ0n) is 8.36. The average Bonchev–Trinajstić information content (AvgIpc) is 2.04. The molecule has 4 nitrogen and oxygen atoms in total. The molecule has 0 radical (unpaired) electrons. The van der Waals surface area contributed by atoms with Crippen molar-refractivity contribution in [3.8, 4) is 0 Å². The van der Waals surface area contributed by atoms with Gasteiger partial charge >= 0.3 is 0 Å². The van der Waals surface area contributed by atoms with Crippen LogP contribution in [0.2, 0.25) is 0 Å². The van der Waals surface area contributed by atoms with E-state index >= 15 is 0 Å². The lowest BCUT2D eigenvalue weighted by molar-refractivity contribution is 0.0449. The number of ether oxygens (including phenoxy) is 1. The average molecular weight is 207 g/mol. The van der Waals surface area contributed by atoms with Crippen molar-refractivity contribution in [3.63, 3.8) is 0 Å². The van der Waals surface area contributed by atoms with Gasteiger partial charge in [0.1, 0.15) is 0 Å². The van der Waals surface area contributed by atoms with E-state index in [-0.39, 0.29) is 0 Å². The van der Waals surface area contributed by atoms with E-state index in [1.165, 1.54) is 0 Å². The summed E-state index contributed by atoms with van der Waals surface area (Å²) in [6.45, 7) is 7.31. The summed E-state index contributed by atoms with van der Waals surface area (Å²) in [7, 11) is -2.39. The molecule has 1 aliphatic rings. The molecule has 5 heteroatoms. The lowest BCUT2D eigenvalue weighted by Gasteiger charge is -2.28. The zero-order chi connectivity index (χ0) is 9.73. The minimum atomic E-state index is -2.39. The Balaban J connectivity index is 2.32. The van der Waals surface area contributed by atoms with Crippen LogP contribution in [0, 0.1) is 0 Å². The largest absolute Gasteiger partial charge is 0.379 e. The summed E-state index contributed by atoms with van der Waals surface area (Å²) in [6.07, 6.45) is 0.560. The molecule has 1 atom stereocenters. The topological polar surface area (TPSA) is 38.8 Å². The van der Waals surface area contributed by atoms with E-state index < -0.39 is 7.37 Å². The Kier molecular flexibility index (Phi) is 4.39. The minimum absolute atomic E-state index is 0.526. The second-order valence-corrected chi connectivity index (χ2v) is 5.87. The van der Waals surface area contributed by atoms with Crippen molar-refractivity contribution in [2.45, 2.75) is 6.92 Å². The summed E-state index contributed by atoms with van der Waals surface area (Å²) in [5.74, 6) is 0. The van der Waals surface area contributed by atoms with Crippen LogP contribution in [0.3, 0.4) is 0 Å². The predicted molar refractivity (Wildman–Crippen MR) is 52.4 cm³/mol. The highest BCUT2D eigenvalue weighted by Crippen LogP contribution is 2.42. The monoisotopic (exact) mass is 207 g/mol. The zero-order valence-corrected chi connectivity index (χ0v) is 9.26. The molecule has 0 spiro atoms. The maximum atomic E-state index is 11.8. The fraction of sp³-hybridized carbons (Fsp3) is 1.00. The van der Waals surface area contributed by atoms with Crippen LogP contribution < -0.4 is 0 Å². The molecular formula is C8H18NO3P. The van der Waals surface area contributed by atoms with Gasteiger partial charge in [-0.25, -0.2) is 0 Å². The molecule has 0 saturated carbocycles. The lowest BCUT2D eigenvalue weighted by atomic mass is 10.5. The number of morpholine rings is 1. The molecule has 1 aliphatic heterocycles. The van der Waals surface area contributed by atoms with E-state index in [0.717, 1.165) is 26.3 Å². The normalized spacial score (nSPS) is 24.2. The molecule has 1 saturated heterocycles. The molecule has 0 amide bonds. The van der Waals surface area contributed by atoms with Gasteiger partial charge in [-0.05, 0) is 6.92 Å². The van der Waals surface area contributed by atoms with Gasteiger partial charge in [0.15, 0.2) is 0 Å². The Morgan fingerprint density at radius 1 is 1.46 bits per heavy atom. The van der Waals surface area contributed by atoms with E-state index in [1.54, 1.807) is 6.66 Å². The highest BCUT2D eigenvalue weighted by Gasteiger charge is 2.21. The molecule has 0 bridgehead atoms. The van der Waals surface area contributed by atoms with Crippen molar-refractivity contribution in [2.75, 3.05) is 45.9 Å². The van der Waals surface area contributed by atoms with E-state index in [4.69, 9.17) is 9.26 Å². The third kappa shape index (κ3) is 4.23. The van der Waals surface area contributed by atoms with Gasteiger partial charge in [-0.1, -0.05) is 0 Å². The maximum Gasteiger partial charge on any atom is 0.213 e. The van der Waals surface area contributed by atoms with Crippen LogP contribution in [-0.4, -0.2) is 50.8 Å². The summed E-state index contributed by atoms with van der Waals surface area (Å²) in [6, 6.07) is 0. The molecule has 0 aromatic heterocycles. The van der Waals surface area contributed by atoms with Crippen LogP contribution in [0.25, 0.3) is 0 Å². The Labute approximate surface area is 79.7 Å². The summed E-state index contributed by atoms with van der Waals surface area (Å²) in [5, 5.41) is 0. The van der Waals surface area contributed by atoms with Crippen LogP contribution in [-0.2, 0) is 13.8 Å². The lowest BCUT2D eigenvalue weighted by Crippen LogP contribution is -2.36. The number of nitrogens with zero attached hydrogens (tertiary/aromatic N) is 1. The standard InChI is InChI=1S/C8H18NO3P/c1-3-12-13(2,10)8-9-4-6-11-7-5-9/h3-8H2,1-2H3/t13-/m1/s1. The van der Waals surface area contributed by atoms with E-state index in [2.05, 4.69) is 4.90 Å². The van der Waals surface area contributed by atoms with Gasteiger partial charge in [0.05, 0.1) is 26.1 Å². The molecule has 0 aromatic rings.